The van der Waals surface area contributed by atoms with Gasteiger partial charge in [0.2, 0.25) is 0 Å². The number of halogens is 2. The lowest BCUT2D eigenvalue weighted by atomic mass is 9.90. The van der Waals surface area contributed by atoms with E-state index in [4.69, 9.17) is 32.7 Å². The first kappa shape index (κ1) is 22.2. The van der Waals surface area contributed by atoms with Gasteiger partial charge in [0.15, 0.2) is 0 Å². The van der Waals surface area contributed by atoms with Crippen molar-refractivity contribution in [3.8, 4) is 22.6 Å². The Bertz CT molecular complexity index is 1120. The van der Waals surface area contributed by atoms with Crippen LogP contribution >= 0.6 is 23.2 Å². The second kappa shape index (κ2) is 9.11. The molecule has 0 aromatic heterocycles. The number of rotatable bonds is 5. The van der Waals surface area contributed by atoms with Crippen LogP contribution in [0.1, 0.15) is 39.5 Å². The van der Waals surface area contributed by atoms with Crippen molar-refractivity contribution in [2.24, 2.45) is 0 Å². The van der Waals surface area contributed by atoms with Gasteiger partial charge in [-0.2, -0.15) is 0 Å². The van der Waals surface area contributed by atoms with Crippen LogP contribution in [0.2, 0.25) is 10.0 Å². The summed E-state index contributed by atoms with van der Waals surface area (Å²) < 4.78 is 11.8. The third-order valence-electron chi connectivity index (χ3n) is 5.30. The number of hydrogen-bond acceptors (Lipinski definition) is 3. The largest absolute Gasteiger partial charge is 0.493 e. The van der Waals surface area contributed by atoms with Gasteiger partial charge in [-0.25, -0.2) is 4.79 Å². The monoisotopic (exact) mass is 442 g/mol. The van der Waals surface area contributed by atoms with Crippen molar-refractivity contribution in [2.45, 2.75) is 34.6 Å². The van der Waals surface area contributed by atoms with Crippen molar-refractivity contribution in [1.29, 1.82) is 0 Å². The summed E-state index contributed by atoms with van der Waals surface area (Å²) in [6.45, 7) is 10.7. The van der Waals surface area contributed by atoms with Gasteiger partial charge in [-0.05, 0) is 87.2 Å². The molecule has 3 aromatic carbocycles. The minimum atomic E-state index is -0.499. The molecule has 0 heterocycles. The van der Waals surface area contributed by atoms with E-state index in [-0.39, 0.29) is 0 Å². The number of esters is 1. The van der Waals surface area contributed by atoms with Gasteiger partial charge < -0.3 is 9.47 Å². The van der Waals surface area contributed by atoms with E-state index >= 15 is 0 Å². The highest BCUT2D eigenvalue weighted by Crippen LogP contribution is 2.43. The van der Waals surface area contributed by atoms with E-state index < -0.39 is 5.97 Å². The van der Waals surface area contributed by atoms with Crippen LogP contribution in [-0.2, 0) is 0 Å². The van der Waals surface area contributed by atoms with Crippen molar-refractivity contribution in [2.75, 3.05) is 6.61 Å². The number of carbonyl (C=O) groups is 1. The third-order valence-corrected chi connectivity index (χ3v) is 6.04. The molecule has 3 rings (SSSR count). The van der Waals surface area contributed by atoms with Gasteiger partial charge in [-0.15, -0.1) is 0 Å². The molecule has 3 nitrogen and oxygen atoms in total. The molecule has 0 saturated carbocycles. The molecule has 0 N–H and O–H groups in total. The summed E-state index contributed by atoms with van der Waals surface area (Å²) in [7, 11) is 0. The van der Waals surface area contributed by atoms with Gasteiger partial charge in [0.05, 0.1) is 22.2 Å². The Morgan fingerprint density at radius 3 is 1.93 bits per heavy atom. The highest BCUT2D eigenvalue weighted by atomic mass is 35.5. The van der Waals surface area contributed by atoms with Gasteiger partial charge in [0.25, 0.3) is 0 Å². The van der Waals surface area contributed by atoms with E-state index in [1.54, 1.807) is 12.1 Å². The second-order valence-corrected chi connectivity index (χ2v) is 8.03. The van der Waals surface area contributed by atoms with Crippen molar-refractivity contribution in [3.63, 3.8) is 0 Å². The molecule has 3 aromatic rings. The molecule has 0 amide bonds. The normalized spacial score (nSPS) is 10.8. The van der Waals surface area contributed by atoms with Crippen LogP contribution in [0.5, 0.6) is 11.5 Å². The Morgan fingerprint density at radius 1 is 0.800 bits per heavy atom. The van der Waals surface area contributed by atoms with E-state index in [2.05, 4.69) is 13.8 Å². The zero-order chi connectivity index (χ0) is 22.0. The highest BCUT2D eigenvalue weighted by molar-refractivity contribution is 6.42. The van der Waals surface area contributed by atoms with Crippen LogP contribution < -0.4 is 9.47 Å². The van der Waals surface area contributed by atoms with Gasteiger partial charge in [0.1, 0.15) is 11.5 Å². The number of ether oxygens (including phenoxy) is 2. The molecule has 0 fully saturated rings. The lowest BCUT2D eigenvalue weighted by Gasteiger charge is -2.21. The predicted molar refractivity (Wildman–Crippen MR) is 123 cm³/mol. The Kier molecular flexibility index (Phi) is 6.74. The summed E-state index contributed by atoms with van der Waals surface area (Å²) in [5.74, 6) is 0.742. The maximum absolute atomic E-state index is 12.9. The quantitative estimate of drug-likeness (QED) is 0.302. The van der Waals surface area contributed by atoms with Crippen LogP contribution in [0.25, 0.3) is 11.1 Å². The van der Waals surface area contributed by atoms with Crippen molar-refractivity contribution in [1.82, 2.24) is 0 Å². The molecule has 30 heavy (non-hydrogen) atoms. The van der Waals surface area contributed by atoms with Gasteiger partial charge in [-0.1, -0.05) is 35.3 Å². The SMILES string of the molecule is CCOc1ccc(C)c(C)c1-c1c(OC(=O)c2ccc(Cl)c(Cl)c2)ccc(C)c1C. The Hall–Kier alpha value is -2.49. The minimum absolute atomic E-state index is 0.305. The van der Waals surface area contributed by atoms with E-state index in [0.717, 1.165) is 39.1 Å². The molecular weight excluding hydrogens is 419 g/mol. The number of carbonyl (C=O) groups excluding carboxylic acids is 1. The van der Waals surface area contributed by atoms with E-state index in [0.29, 0.717) is 28.0 Å². The molecule has 0 radical (unpaired) electrons. The smallest absolute Gasteiger partial charge is 0.343 e. The second-order valence-electron chi connectivity index (χ2n) is 7.21. The maximum atomic E-state index is 12.9. The van der Waals surface area contributed by atoms with Gasteiger partial charge in [0, 0.05) is 11.1 Å². The molecule has 156 valence electrons. The fourth-order valence-electron chi connectivity index (χ4n) is 3.35. The van der Waals surface area contributed by atoms with Gasteiger partial charge in [-0.3, -0.25) is 0 Å². The summed E-state index contributed by atoms with van der Waals surface area (Å²) in [5.41, 5.74) is 6.48. The number of aryl methyl sites for hydroxylation is 2. The van der Waals surface area contributed by atoms with Crippen LogP contribution in [0.3, 0.4) is 0 Å². The first-order chi connectivity index (χ1) is 14.2. The third kappa shape index (κ3) is 4.33. The first-order valence-corrected chi connectivity index (χ1v) is 10.5. The van der Waals surface area contributed by atoms with Crippen molar-refractivity contribution < 1.29 is 14.3 Å². The number of benzene rings is 3. The standard InChI is InChI=1S/C25H24Cl2O3/c1-6-29-21-11-7-14(2)16(4)23(21)24-17(5)15(3)8-12-22(24)30-25(28)18-9-10-19(26)20(27)13-18/h7-13H,6H2,1-5H3. The molecule has 0 spiro atoms. The maximum Gasteiger partial charge on any atom is 0.343 e. The molecule has 0 aliphatic carbocycles. The zero-order valence-corrected chi connectivity index (χ0v) is 19.2. The fourth-order valence-corrected chi connectivity index (χ4v) is 3.64. The average Bonchev–Trinajstić information content (AvgIpc) is 2.71. The molecule has 0 aliphatic heterocycles. The highest BCUT2D eigenvalue weighted by Gasteiger charge is 2.21. The van der Waals surface area contributed by atoms with E-state index in [1.807, 2.05) is 45.0 Å². The summed E-state index contributed by atoms with van der Waals surface area (Å²) in [6.07, 6.45) is 0. The molecule has 0 atom stereocenters. The molecule has 5 heteroatoms. The predicted octanol–water partition coefficient (Wildman–Crippen LogP) is 7.51. The van der Waals surface area contributed by atoms with Crippen LogP contribution in [0.15, 0.2) is 42.5 Å². The van der Waals surface area contributed by atoms with Crippen molar-refractivity contribution >= 4 is 29.2 Å². The molecule has 0 saturated heterocycles. The molecule has 0 bridgehead atoms. The Balaban J connectivity index is 2.16. The molecular formula is C25H24Cl2O3. The number of hydrogen-bond donors (Lipinski definition) is 0. The Morgan fingerprint density at radius 2 is 1.37 bits per heavy atom. The Labute approximate surface area is 187 Å². The first-order valence-electron chi connectivity index (χ1n) is 9.75. The van der Waals surface area contributed by atoms with Crippen LogP contribution in [0.4, 0.5) is 0 Å². The molecule has 0 aliphatic rings. The van der Waals surface area contributed by atoms with Crippen LogP contribution in [0, 0.1) is 27.7 Å². The van der Waals surface area contributed by atoms with E-state index in [1.165, 1.54) is 6.07 Å². The zero-order valence-electron chi connectivity index (χ0n) is 17.7. The average molecular weight is 443 g/mol. The van der Waals surface area contributed by atoms with Crippen LogP contribution in [-0.4, -0.2) is 12.6 Å². The van der Waals surface area contributed by atoms with E-state index in [9.17, 15) is 4.79 Å². The summed E-state index contributed by atoms with van der Waals surface area (Å²) in [4.78, 5) is 12.9. The fraction of sp³-hybridized carbons (Fsp3) is 0.240. The minimum Gasteiger partial charge on any atom is -0.493 e. The lowest BCUT2D eigenvalue weighted by Crippen LogP contribution is -2.10. The van der Waals surface area contributed by atoms with Gasteiger partial charge >= 0.3 is 5.97 Å². The summed E-state index contributed by atoms with van der Waals surface area (Å²) in [6, 6.07) is 12.5. The summed E-state index contributed by atoms with van der Waals surface area (Å²) in [5, 5.41) is 0.691. The van der Waals surface area contributed by atoms with Crippen molar-refractivity contribution in [3.05, 3.63) is 80.3 Å². The molecule has 0 unspecified atom stereocenters. The topological polar surface area (TPSA) is 35.5 Å². The lowest BCUT2D eigenvalue weighted by molar-refractivity contribution is 0.0735. The summed E-state index contributed by atoms with van der Waals surface area (Å²) >= 11 is 12.0.